The van der Waals surface area contributed by atoms with E-state index in [1.54, 1.807) is 67.0 Å². The standard InChI is InChI=1S/C61H69N7O13S2/c1-7-23-79-45-14-11-15-46(32-45)81-55-34-51-50(65(5)61(74)66(51)6)33-49(55)64-83(75,76)47-16-10-13-42(29-47)58(71)62-22-24-77-25-26-78-27-28-80-54-30-41(57-39(4)63-37-82-57)19-18-40(54)20-21-53(70)52-31-44(69)36-67(52)60(73)56(38(2)3)68-35-43-12-8-9-17-48(43)59(68)72/h8-19,29-30,32-34,37-38,44,52,56,64,69H,7,20-28,31,35-36H2,1-6H3,(H,62,71)/t44-,52+,56+/m1/s1. The maximum absolute atomic E-state index is 14.3. The molecule has 4 heterocycles. The average Bonchev–Trinajstić information content (AvgIpc) is 4.43. The summed E-state index contributed by atoms with van der Waals surface area (Å²) in [7, 11) is -1.11. The number of Topliss-reactive ketones (excluding diaryl/α,β-unsaturated/α-hetero) is 1. The fourth-order valence-corrected chi connectivity index (χ4v) is 12.3. The van der Waals surface area contributed by atoms with Crippen molar-refractivity contribution in [3.63, 3.8) is 0 Å². The van der Waals surface area contributed by atoms with Crippen molar-refractivity contribution in [3.05, 3.63) is 147 Å². The number of imidazole rings is 1. The van der Waals surface area contributed by atoms with Crippen molar-refractivity contribution in [1.82, 2.24) is 29.2 Å². The van der Waals surface area contributed by atoms with Gasteiger partial charge in [0.15, 0.2) is 11.5 Å². The van der Waals surface area contributed by atoms with Crippen molar-refractivity contribution < 1.29 is 56.4 Å². The van der Waals surface area contributed by atoms with Gasteiger partial charge in [-0.15, -0.1) is 11.3 Å². The van der Waals surface area contributed by atoms with E-state index in [2.05, 4.69) is 15.0 Å². The number of ketones is 1. The quantitative estimate of drug-likeness (QED) is 0.0419. The number of anilines is 1. The van der Waals surface area contributed by atoms with Crippen LogP contribution >= 0.6 is 11.3 Å². The Morgan fingerprint density at radius 1 is 0.819 bits per heavy atom. The summed E-state index contributed by atoms with van der Waals surface area (Å²) < 4.78 is 63.2. The number of sulfonamides is 1. The highest BCUT2D eigenvalue weighted by Crippen LogP contribution is 2.38. The van der Waals surface area contributed by atoms with Gasteiger partial charge in [-0.2, -0.15) is 0 Å². The number of aliphatic hydroxyl groups excluding tert-OH is 1. The van der Waals surface area contributed by atoms with Crippen LogP contribution in [0.5, 0.6) is 23.0 Å². The molecule has 2 aliphatic rings. The number of amides is 3. The number of β-amino-alcohol motifs (C(OH)–C–C–N with tert-alkyl or cyclic N) is 1. The summed E-state index contributed by atoms with van der Waals surface area (Å²) >= 11 is 1.51. The number of carbonyl (C=O) groups excluding carboxylic acids is 4. The Hall–Kier alpha value is -7.89. The van der Waals surface area contributed by atoms with Crippen molar-refractivity contribution in [2.45, 2.75) is 83.0 Å². The molecule has 3 N–H and O–H groups in total. The highest BCUT2D eigenvalue weighted by molar-refractivity contribution is 7.92. The van der Waals surface area contributed by atoms with Crippen LogP contribution in [0, 0.1) is 12.8 Å². The zero-order valence-corrected chi connectivity index (χ0v) is 48.9. The van der Waals surface area contributed by atoms with Crippen molar-refractivity contribution in [1.29, 1.82) is 0 Å². The van der Waals surface area contributed by atoms with Crippen LogP contribution in [0.1, 0.15) is 77.6 Å². The molecule has 3 atom stereocenters. The molecule has 0 unspecified atom stereocenters. The minimum Gasteiger partial charge on any atom is -0.493 e. The van der Waals surface area contributed by atoms with Crippen LogP contribution in [0.15, 0.2) is 118 Å². The normalized spacial score (nSPS) is 15.4. The molecule has 3 amide bonds. The minimum atomic E-state index is -4.31. The van der Waals surface area contributed by atoms with E-state index in [-0.39, 0.29) is 110 Å². The number of aryl methyl sites for hydroxylation is 4. The molecule has 5 aromatic carbocycles. The van der Waals surface area contributed by atoms with E-state index >= 15 is 0 Å². The molecule has 0 bridgehead atoms. The van der Waals surface area contributed by atoms with Crippen LogP contribution in [0.4, 0.5) is 5.69 Å². The molecule has 2 aliphatic heterocycles. The fourth-order valence-electron chi connectivity index (χ4n) is 10.4. The highest BCUT2D eigenvalue weighted by Gasteiger charge is 2.45. The SMILES string of the molecule is CCCOc1cccc(Oc2cc3c(cc2NS(=O)(=O)c2cccc(C(=O)NCCOCCOCCOc4cc(-c5scnc5C)ccc4CCC(=O)[C@@H]4C[C@@H](O)CN4C(=O)[C@H](C(C)C)N4Cc5ccccc5C4=O)c2)n(C)c(=O)n3C)c1. The molecular formula is C61H69N7O13S2. The second-order valence-corrected chi connectivity index (χ2v) is 23.4. The highest BCUT2D eigenvalue weighted by atomic mass is 32.2. The number of likely N-dealkylation sites (tertiary alicyclic amines) is 1. The monoisotopic (exact) mass is 1170 g/mol. The van der Waals surface area contributed by atoms with Crippen molar-refractivity contribution in [3.8, 4) is 33.4 Å². The van der Waals surface area contributed by atoms with Crippen LogP contribution in [-0.2, 0) is 56.1 Å². The summed E-state index contributed by atoms with van der Waals surface area (Å²) in [5, 5.41) is 13.6. The molecule has 83 heavy (non-hydrogen) atoms. The summed E-state index contributed by atoms with van der Waals surface area (Å²) in [4.78, 5) is 76.3. The molecular weight excluding hydrogens is 1100 g/mol. The van der Waals surface area contributed by atoms with E-state index in [0.717, 1.165) is 33.7 Å². The Balaban J connectivity index is 0.747. The van der Waals surface area contributed by atoms with Crippen molar-refractivity contribution in [2.75, 3.05) is 57.5 Å². The predicted molar refractivity (Wildman–Crippen MR) is 314 cm³/mol. The van der Waals surface area contributed by atoms with Crippen LogP contribution in [-0.4, -0.2) is 132 Å². The number of hydrogen-bond acceptors (Lipinski definition) is 15. The van der Waals surface area contributed by atoms with Crippen LogP contribution in [0.3, 0.4) is 0 Å². The maximum Gasteiger partial charge on any atom is 0.328 e. The topological polar surface area (TPSA) is 239 Å². The number of aliphatic hydroxyl groups is 1. The Labute approximate surface area is 485 Å². The van der Waals surface area contributed by atoms with Gasteiger partial charge in [-0.25, -0.2) is 18.2 Å². The van der Waals surface area contributed by atoms with Gasteiger partial charge in [0, 0.05) is 69.8 Å². The number of thiazole rings is 1. The minimum absolute atomic E-state index is 0.00419. The van der Waals surface area contributed by atoms with Gasteiger partial charge < -0.3 is 43.9 Å². The Morgan fingerprint density at radius 2 is 1.55 bits per heavy atom. The van der Waals surface area contributed by atoms with Crippen LogP contribution < -0.4 is 29.9 Å². The summed E-state index contributed by atoms with van der Waals surface area (Å²) in [5.74, 6) is 0.151. The van der Waals surface area contributed by atoms with Gasteiger partial charge in [0.1, 0.15) is 29.9 Å². The van der Waals surface area contributed by atoms with E-state index < -0.39 is 34.1 Å². The molecule has 22 heteroatoms. The molecule has 0 radical (unpaired) electrons. The number of ether oxygens (including phenoxy) is 5. The largest absolute Gasteiger partial charge is 0.493 e. The lowest BCUT2D eigenvalue weighted by atomic mass is 9.97. The van der Waals surface area contributed by atoms with E-state index in [0.29, 0.717) is 53.4 Å². The van der Waals surface area contributed by atoms with E-state index in [1.165, 1.54) is 55.7 Å². The lowest BCUT2D eigenvalue weighted by Gasteiger charge is -2.35. The first kappa shape index (κ1) is 59.7. The zero-order chi connectivity index (χ0) is 59.0. The number of nitrogens with one attached hydrogen (secondary N) is 2. The zero-order valence-electron chi connectivity index (χ0n) is 47.3. The number of rotatable bonds is 27. The first-order valence-corrected chi connectivity index (χ1v) is 30.0. The first-order valence-electron chi connectivity index (χ1n) is 27.6. The van der Waals surface area contributed by atoms with Gasteiger partial charge in [-0.05, 0) is 90.9 Å². The average molecular weight is 1170 g/mol. The molecule has 20 nitrogen and oxygen atoms in total. The number of benzene rings is 5. The number of carbonyl (C=O) groups is 4. The molecule has 9 rings (SSSR count). The third-order valence-corrected chi connectivity index (χ3v) is 17.0. The number of aromatic nitrogens is 3. The molecule has 0 spiro atoms. The van der Waals surface area contributed by atoms with E-state index in [4.69, 9.17) is 23.7 Å². The lowest BCUT2D eigenvalue weighted by Crippen LogP contribution is -2.54. The van der Waals surface area contributed by atoms with Gasteiger partial charge in [0.05, 0.1) is 82.9 Å². The third-order valence-electron chi connectivity index (χ3n) is 14.6. The second-order valence-electron chi connectivity index (χ2n) is 20.9. The summed E-state index contributed by atoms with van der Waals surface area (Å²) in [5.41, 5.74) is 6.60. The molecule has 0 saturated carbocycles. The van der Waals surface area contributed by atoms with E-state index in [9.17, 15) is 37.5 Å². The second kappa shape index (κ2) is 26.6. The maximum atomic E-state index is 14.3. The van der Waals surface area contributed by atoms with Gasteiger partial charge in [0.25, 0.3) is 21.8 Å². The smallest absolute Gasteiger partial charge is 0.328 e. The molecule has 2 aromatic heterocycles. The van der Waals surface area contributed by atoms with Gasteiger partial charge >= 0.3 is 5.69 Å². The number of fused-ring (bicyclic) bond motifs is 2. The number of nitrogens with zero attached hydrogens (tertiary/aromatic N) is 5. The van der Waals surface area contributed by atoms with Crippen LogP contribution in [0.2, 0.25) is 0 Å². The predicted octanol–water partition coefficient (Wildman–Crippen LogP) is 7.68. The fraction of sp³-hybridized carbons (Fsp3) is 0.377. The van der Waals surface area contributed by atoms with Gasteiger partial charge in [-0.3, -0.25) is 33.0 Å². The molecule has 0 aliphatic carbocycles. The first-order chi connectivity index (χ1) is 39.9. The Morgan fingerprint density at radius 3 is 2.30 bits per heavy atom. The summed E-state index contributed by atoms with van der Waals surface area (Å²) in [6.45, 7) is 9.60. The van der Waals surface area contributed by atoms with Crippen molar-refractivity contribution in [2.24, 2.45) is 20.0 Å². The third kappa shape index (κ3) is 13.8. The lowest BCUT2D eigenvalue weighted by molar-refractivity contribution is -0.142. The van der Waals surface area contributed by atoms with Crippen molar-refractivity contribution >= 4 is 61.6 Å². The van der Waals surface area contributed by atoms with Gasteiger partial charge in [0.2, 0.25) is 5.91 Å². The summed E-state index contributed by atoms with van der Waals surface area (Å²) in [6.07, 6.45) is 0.432. The molecule has 1 saturated heterocycles. The summed E-state index contributed by atoms with van der Waals surface area (Å²) in [6, 6.07) is 27.1. The Bertz CT molecular complexity index is 3690. The van der Waals surface area contributed by atoms with E-state index in [1.807, 2.05) is 58.0 Å². The number of hydrogen-bond donors (Lipinski definition) is 3. The molecule has 7 aromatic rings. The van der Waals surface area contributed by atoms with Crippen LogP contribution in [0.25, 0.3) is 21.5 Å². The molecule has 438 valence electrons. The molecule has 1 fully saturated rings. The Kier molecular flexibility index (Phi) is 19.1. The van der Waals surface area contributed by atoms with Gasteiger partial charge in [-0.1, -0.05) is 63.2 Å².